The van der Waals surface area contributed by atoms with Crippen molar-refractivity contribution in [3.63, 3.8) is 0 Å². The molecule has 3 aromatic carbocycles. The van der Waals surface area contributed by atoms with Crippen LogP contribution < -0.4 is 4.90 Å². The zero-order chi connectivity index (χ0) is 29.6. The Hall–Kier alpha value is -3.34. The molecule has 218 valence electrons. The molecule has 2 N–H and O–H groups in total. The molecule has 1 aromatic heterocycles. The van der Waals surface area contributed by atoms with Crippen LogP contribution in [0.2, 0.25) is 23.7 Å². The van der Waals surface area contributed by atoms with Gasteiger partial charge >= 0.3 is 0 Å². The Morgan fingerprint density at radius 2 is 1.76 bits per heavy atom. The van der Waals surface area contributed by atoms with Crippen LogP contribution in [0.1, 0.15) is 36.1 Å². The average molecular weight is 603 g/mol. The van der Waals surface area contributed by atoms with Crippen LogP contribution in [0.4, 0.5) is 11.4 Å². The van der Waals surface area contributed by atoms with Crippen molar-refractivity contribution in [3.05, 3.63) is 107 Å². The number of rotatable bonds is 8. The highest BCUT2D eigenvalue weighted by Crippen LogP contribution is 2.61. The Balaban J connectivity index is 1.32. The van der Waals surface area contributed by atoms with Gasteiger partial charge < -0.3 is 14.6 Å². The van der Waals surface area contributed by atoms with E-state index in [2.05, 4.69) is 10.3 Å². The van der Waals surface area contributed by atoms with Crippen LogP contribution in [0.3, 0.4) is 0 Å². The van der Waals surface area contributed by atoms with Gasteiger partial charge in [-0.15, -0.1) is 5.10 Å². The first kappa shape index (κ1) is 28.8. The molecule has 0 aliphatic carbocycles. The van der Waals surface area contributed by atoms with E-state index in [0.29, 0.717) is 23.7 Å². The minimum absolute atomic E-state index is 0.0805. The number of aliphatic hydroxyl groups excluding tert-OH is 1. The molecule has 6 rings (SSSR count). The molecule has 10 heteroatoms. The molecular weight excluding hydrogens is 568 g/mol. The molecule has 4 aromatic rings. The van der Waals surface area contributed by atoms with E-state index in [-0.39, 0.29) is 29.9 Å². The van der Waals surface area contributed by atoms with Gasteiger partial charge in [0.25, 0.3) is 5.91 Å². The summed E-state index contributed by atoms with van der Waals surface area (Å²) in [5.41, 5.74) is 2.39. The average Bonchev–Trinajstić information content (AvgIpc) is 3.63. The summed E-state index contributed by atoms with van der Waals surface area (Å²) < 4.78 is 8.65. The first-order valence-electron chi connectivity index (χ1n) is 14.3. The van der Waals surface area contributed by atoms with Crippen LogP contribution in [0.5, 0.6) is 0 Å². The van der Waals surface area contributed by atoms with Crippen molar-refractivity contribution < 1.29 is 19.4 Å². The van der Waals surface area contributed by atoms with Gasteiger partial charge in [0.05, 0.1) is 30.0 Å². The molecule has 5 atom stereocenters. The van der Waals surface area contributed by atoms with Gasteiger partial charge in [-0.1, -0.05) is 72.3 Å². The second-order valence-electron chi connectivity index (χ2n) is 11.8. The fourth-order valence-electron chi connectivity index (χ4n) is 6.98. The maximum absolute atomic E-state index is 14.5. The van der Waals surface area contributed by atoms with Crippen molar-refractivity contribution in [1.29, 1.82) is 0 Å². The quantitative estimate of drug-likeness (QED) is 0.254. The molecule has 0 bridgehead atoms. The lowest BCUT2D eigenvalue weighted by atomic mass is 9.82. The molecule has 0 saturated carbocycles. The second-order valence-corrected chi connectivity index (χ2v) is 16.2. The largest absolute Gasteiger partial charge is 0.432 e. The van der Waals surface area contributed by atoms with Gasteiger partial charge in [0.1, 0.15) is 0 Å². The molecular formula is C32H35ClN4O4Si. The van der Waals surface area contributed by atoms with Gasteiger partial charge in [-0.3, -0.25) is 14.4 Å². The number of aromatic nitrogens is 3. The van der Waals surface area contributed by atoms with Crippen molar-refractivity contribution in [2.24, 2.45) is 5.92 Å². The normalized spacial score (nSPS) is 24.4. The lowest BCUT2D eigenvalue weighted by molar-refractivity contribution is -0.145. The summed E-state index contributed by atoms with van der Waals surface area (Å²) in [6, 6.07) is 24.8. The summed E-state index contributed by atoms with van der Waals surface area (Å²) in [4.78, 5) is 27.8. The van der Waals surface area contributed by atoms with Crippen LogP contribution in [-0.4, -0.2) is 51.8 Å². The Morgan fingerprint density at radius 3 is 2.43 bits per heavy atom. The number of carbonyl (C=O) groups excluding carboxylic acids is 1. The standard InChI is InChI=1S/C32H35ClN4O4Si/c1-21-30(42(2,3)40)29(16-17-36-19-27(34-35-36)25(20-38)22-10-6-4-7-11-22)41-32(21)26-18-23(33)14-15-28(26)37(31(32)39)24-12-8-5-9-13-24/h4-15,18-19,21,25,29-30,38,40H,16-17,20H2,1-3H3/t21-,25?,29+,30-,32+/m0/s1. The van der Waals surface area contributed by atoms with Crippen molar-refractivity contribution >= 4 is 37.2 Å². The van der Waals surface area contributed by atoms with Crippen LogP contribution in [0.15, 0.2) is 85.1 Å². The predicted octanol–water partition coefficient (Wildman–Crippen LogP) is 5.62. The summed E-state index contributed by atoms with van der Waals surface area (Å²) in [7, 11) is -2.82. The predicted molar refractivity (Wildman–Crippen MR) is 164 cm³/mol. The maximum atomic E-state index is 14.5. The number of hydrogen-bond donors (Lipinski definition) is 2. The first-order chi connectivity index (χ1) is 20.1. The van der Waals surface area contributed by atoms with Gasteiger partial charge in [-0.05, 0) is 55.4 Å². The highest BCUT2D eigenvalue weighted by Gasteiger charge is 2.66. The summed E-state index contributed by atoms with van der Waals surface area (Å²) in [6.45, 7) is 6.24. The van der Waals surface area contributed by atoms with E-state index < -0.39 is 20.0 Å². The number of benzene rings is 3. The van der Waals surface area contributed by atoms with Crippen LogP contribution in [0.25, 0.3) is 0 Å². The molecule has 8 nitrogen and oxygen atoms in total. The smallest absolute Gasteiger partial charge is 0.268 e. The number of anilines is 2. The lowest BCUT2D eigenvalue weighted by Crippen LogP contribution is -2.45. The highest BCUT2D eigenvalue weighted by atomic mass is 35.5. The van der Waals surface area contributed by atoms with E-state index in [4.69, 9.17) is 16.3 Å². The molecule has 1 spiro atoms. The minimum Gasteiger partial charge on any atom is -0.432 e. The van der Waals surface area contributed by atoms with Gasteiger partial charge in [0, 0.05) is 40.5 Å². The second kappa shape index (κ2) is 11.1. The first-order valence-corrected chi connectivity index (χ1v) is 17.7. The molecule has 2 aliphatic heterocycles. The third-order valence-electron chi connectivity index (χ3n) is 8.81. The zero-order valence-corrected chi connectivity index (χ0v) is 25.6. The van der Waals surface area contributed by atoms with E-state index in [1.807, 2.05) is 99.0 Å². The van der Waals surface area contributed by atoms with Crippen molar-refractivity contribution in [2.45, 2.75) is 56.1 Å². The Morgan fingerprint density at radius 1 is 1.07 bits per heavy atom. The van der Waals surface area contributed by atoms with Crippen molar-refractivity contribution in [1.82, 2.24) is 15.0 Å². The minimum atomic E-state index is -2.82. The number of amides is 1. The third kappa shape index (κ3) is 4.79. The molecule has 1 unspecified atom stereocenters. The Labute approximate surface area is 251 Å². The highest BCUT2D eigenvalue weighted by molar-refractivity contribution is 6.71. The molecule has 42 heavy (non-hydrogen) atoms. The fraction of sp³-hybridized carbons (Fsp3) is 0.344. The number of ether oxygens (including phenoxy) is 1. The third-order valence-corrected chi connectivity index (χ3v) is 11.5. The molecule has 2 aliphatic rings. The number of aryl methyl sites for hydroxylation is 1. The van der Waals surface area contributed by atoms with E-state index in [0.717, 1.165) is 22.5 Å². The van der Waals surface area contributed by atoms with E-state index in [1.54, 1.807) is 15.6 Å². The van der Waals surface area contributed by atoms with Crippen LogP contribution in [-0.2, 0) is 21.7 Å². The number of aliphatic hydroxyl groups is 1. The van der Waals surface area contributed by atoms with Gasteiger partial charge in [-0.2, -0.15) is 0 Å². The topological polar surface area (TPSA) is 101 Å². The van der Waals surface area contributed by atoms with Crippen LogP contribution >= 0.6 is 11.6 Å². The fourth-order valence-corrected chi connectivity index (χ4v) is 9.75. The lowest BCUT2D eigenvalue weighted by Gasteiger charge is -2.32. The van der Waals surface area contributed by atoms with E-state index in [9.17, 15) is 14.7 Å². The number of hydrogen-bond acceptors (Lipinski definition) is 6. The summed E-state index contributed by atoms with van der Waals surface area (Å²) >= 11 is 6.50. The van der Waals surface area contributed by atoms with Crippen LogP contribution in [0, 0.1) is 5.92 Å². The van der Waals surface area contributed by atoms with Gasteiger partial charge in [-0.25, -0.2) is 0 Å². The monoisotopic (exact) mass is 602 g/mol. The number of fused-ring (bicyclic) bond motifs is 2. The molecule has 1 amide bonds. The maximum Gasteiger partial charge on any atom is 0.268 e. The van der Waals surface area contributed by atoms with Gasteiger partial charge in [0.15, 0.2) is 13.9 Å². The number of nitrogens with zero attached hydrogens (tertiary/aromatic N) is 4. The number of halogens is 1. The van der Waals surface area contributed by atoms with Crippen molar-refractivity contribution in [2.75, 3.05) is 11.5 Å². The molecule has 3 heterocycles. The van der Waals surface area contributed by atoms with E-state index in [1.165, 1.54) is 0 Å². The zero-order valence-electron chi connectivity index (χ0n) is 23.9. The molecule has 1 saturated heterocycles. The van der Waals surface area contributed by atoms with Gasteiger partial charge in [0.2, 0.25) is 0 Å². The Bertz CT molecular complexity index is 1580. The summed E-state index contributed by atoms with van der Waals surface area (Å²) in [5, 5.41) is 19.3. The Kier molecular flexibility index (Phi) is 7.57. The summed E-state index contributed by atoms with van der Waals surface area (Å²) in [6.07, 6.45) is 1.99. The molecule has 0 radical (unpaired) electrons. The summed E-state index contributed by atoms with van der Waals surface area (Å²) in [5.74, 6) is -0.736. The SMILES string of the molecule is C[C@H]1[C@H]([Si](C)(C)O)[C@@H](CCn2cc(C(CO)c3ccccc3)nn2)O[C@]12C(=O)N(c1ccccc1)c1ccc(Cl)cc12. The molecule has 1 fully saturated rings. The number of carbonyl (C=O) groups is 1. The van der Waals surface area contributed by atoms with Crippen molar-refractivity contribution in [3.8, 4) is 0 Å². The van der Waals surface area contributed by atoms with E-state index >= 15 is 0 Å². The number of para-hydroxylation sites is 1.